The molecule has 0 atom stereocenters. The Kier molecular flexibility index (Phi) is 9.16. The lowest BCUT2D eigenvalue weighted by Crippen LogP contribution is -2.21. The number of aromatic nitrogens is 1. The third-order valence-electron chi connectivity index (χ3n) is 3.26. The third-order valence-corrected chi connectivity index (χ3v) is 3.26. The Balaban J connectivity index is 0.00000312. The number of nitrogens with one attached hydrogen (secondary N) is 1. The SMILES string of the molecule is Cl.O=C(O)c1ccnc(/C(COCCNCc2ccccc2)=N/O)c1. The number of ether oxygens (including phenoxy) is 1. The van der Waals surface area contributed by atoms with Gasteiger partial charge in [-0.3, -0.25) is 4.98 Å². The van der Waals surface area contributed by atoms with Crippen molar-refractivity contribution in [3.8, 4) is 0 Å². The fourth-order valence-electron chi connectivity index (χ4n) is 2.02. The molecule has 0 aliphatic heterocycles. The van der Waals surface area contributed by atoms with Crippen molar-refractivity contribution < 1.29 is 19.8 Å². The molecular formula is C17H20ClN3O4. The summed E-state index contributed by atoms with van der Waals surface area (Å²) in [5.74, 6) is -1.07. The van der Waals surface area contributed by atoms with Crippen LogP contribution in [0.25, 0.3) is 0 Å². The molecule has 25 heavy (non-hydrogen) atoms. The van der Waals surface area contributed by atoms with Gasteiger partial charge in [-0.1, -0.05) is 35.5 Å². The van der Waals surface area contributed by atoms with Crippen molar-refractivity contribution in [3.05, 3.63) is 65.5 Å². The van der Waals surface area contributed by atoms with E-state index in [0.717, 1.165) is 6.54 Å². The largest absolute Gasteiger partial charge is 0.478 e. The van der Waals surface area contributed by atoms with Gasteiger partial charge in [0.05, 0.1) is 24.5 Å². The van der Waals surface area contributed by atoms with Gasteiger partial charge in [0.25, 0.3) is 0 Å². The van der Waals surface area contributed by atoms with Crippen LogP contribution in [0.4, 0.5) is 0 Å². The van der Waals surface area contributed by atoms with Crippen LogP contribution < -0.4 is 5.32 Å². The zero-order chi connectivity index (χ0) is 17.2. The van der Waals surface area contributed by atoms with E-state index in [1.165, 1.54) is 23.9 Å². The minimum absolute atomic E-state index is 0. The highest BCUT2D eigenvalue weighted by molar-refractivity contribution is 6.01. The molecular weight excluding hydrogens is 346 g/mol. The van der Waals surface area contributed by atoms with Crippen molar-refractivity contribution in [2.24, 2.45) is 5.16 Å². The van der Waals surface area contributed by atoms with Crippen molar-refractivity contribution in [1.82, 2.24) is 10.3 Å². The molecule has 134 valence electrons. The average molecular weight is 366 g/mol. The predicted molar refractivity (Wildman–Crippen MR) is 95.7 cm³/mol. The number of aromatic carboxylic acids is 1. The molecule has 1 aromatic carbocycles. The third kappa shape index (κ3) is 6.88. The smallest absolute Gasteiger partial charge is 0.335 e. The lowest BCUT2D eigenvalue weighted by Gasteiger charge is -2.08. The molecule has 0 aliphatic rings. The first-order valence-corrected chi connectivity index (χ1v) is 7.43. The number of hydrogen-bond donors (Lipinski definition) is 3. The summed E-state index contributed by atoms with van der Waals surface area (Å²) in [5, 5.41) is 24.4. The van der Waals surface area contributed by atoms with Crippen molar-refractivity contribution in [2.45, 2.75) is 6.54 Å². The highest BCUT2D eigenvalue weighted by Crippen LogP contribution is 2.04. The normalized spacial score (nSPS) is 11.0. The minimum Gasteiger partial charge on any atom is -0.478 e. The highest BCUT2D eigenvalue weighted by atomic mass is 35.5. The van der Waals surface area contributed by atoms with Crippen LogP contribution >= 0.6 is 12.4 Å². The molecule has 0 bridgehead atoms. The molecule has 2 rings (SSSR count). The predicted octanol–water partition coefficient (Wildman–Crippen LogP) is 2.19. The molecule has 1 aromatic heterocycles. The number of carbonyl (C=O) groups is 1. The maximum Gasteiger partial charge on any atom is 0.335 e. The van der Waals surface area contributed by atoms with E-state index >= 15 is 0 Å². The zero-order valence-electron chi connectivity index (χ0n) is 13.5. The summed E-state index contributed by atoms with van der Waals surface area (Å²) in [5.41, 5.74) is 1.71. The Labute approximate surface area is 151 Å². The molecule has 3 N–H and O–H groups in total. The van der Waals surface area contributed by atoms with Gasteiger partial charge in [-0.2, -0.15) is 0 Å². The van der Waals surface area contributed by atoms with E-state index in [-0.39, 0.29) is 36.0 Å². The molecule has 1 heterocycles. The molecule has 8 heteroatoms. The fourth-order valence-corrected chi connectivity index (χ4v) is 2.02. The Hall–Kier alpha value is -2.48. The summed E-state index contributed by atoms with van der Waals surface area (Å²) in [7, 11) is 0. The summed E-state index contributed by atoms with van der Waals surface area (Å²) in [6.45, 7) is 1.84. The fraction of sp³-hybridized carbons (Fsp3) is 0.235. The number of benzene rings is 1. The summed E-state index contributed by atoms with van der Waals surface area (Å²) < 4.78 is 5.44. The topological polar surface area (TPSA) is 104 Å². The molecule has 0 amide bonds. The molecule has 0 aliphatic carbocycles. The first-order chi connectivity index (χ1) is 11.7. The zero-order valence-corrected chi connectivity index (χ0v) is 14.3. The number of oxime groups is 1. The van der Waals surface area contributed by atoms with Crippen LogP contribution in [0, 0.1) is 0 Å². The molecule has 7 nitrogen and oxygen atoms in total. The second-order valence-electron chi connectivity index (χ2n) is 5.00. The number of carboxylic acids is 1. The maximum atomic E-state index is 10.9. The quantitative estimate of drug-likeness (QED) is 0.272. The van der Waals surface area contributed by atoms with Gasteiger partial charge in [0.2, 0.25) is 0 Å². The second kappa shape index (κ2) is 11.1. The van der Waals surface area contributed by atoms with E-state index in [2.05, 4.69) is 15.5 Å². The first-order valence-electron chi connectivity index (χ1n) is 7.43. The van der Waals surface area contributed by atoms with Crippen molar-refractivity contribution >= 4 is 24.1 Å². The van der Waals surface area contributed by atoms with E-state index in [0.29, 0.717) is 13.2 Å². The van der Waals surface area contributed by atoms with Crippen LogP contribution in [-0.4, -0.2) is 46.7 Å². The summed E-state index contributed by atoms with van der Waals surface area (Å²) in [6, 6.07) is 12.7. The van der Waals surface area contributed by atoms with E-state index < -0.39 is 5.97 Å². The Morgan fingerprint density at radius 3 is 2.68 bits per heavy atom. The monoisotopic (exact) mass is 365 g/mol. The van der Waals surface area contributed by atoms with E-state index in [1.54, 1.807) is 0 Å². The number of carboxylic acid groups (broad SMARTS) is 1. The molecule has 0 saturated carbocycles. The van der Waals surface area contributed by atoms with Crippen molar-refractivity contribution in [1.29, 1.82) is 0 Å². The second-order valence-corrected chi connectivity index (χ2v) is 5.00. The summed E-state index contributed by atoms with van der Waals surface area (Å²) in [4.78, 5) is 14.9. The van der Waals surface area contributed by atoms with Crippen LogP contribution in [0.15, 0.2) is 53.8 Å². The van der Waals surface area contributed by atoms with Gasteiger partial charge in [0.15, 0.2) is 0 Å². The molecule has 2 aromatic rings. The molecule has 0 fully saturated rings. The van der Waals surface area contributed by atoms with Crippen molar-refractivity contribution in [3.63, 3.8) is 0 Å². The first kappa shape index (κ1) is 20.6. The number of pyridine rings is 1. The Bertz CT molecular complexity index is 695. The molecule has 0 unspecified atom stereocenters. The molecule has 0 spiro atoms. The van der Waals surface area contributed by atoms with Gasteiger partial charge in [-0.15, -0.1) is 12.4 Å². The van der Waals surface area contributed by atoms with Gasteiger partial charge in [0, 0.05) is 19.3 Å². The van der Waals surface area contributed by atoms with Crippen LogP contribution in [0.2, 0.25) is 0 Å². The maximum absolute atomic E-state index is 10.9. The van der Waals surface area contributed by atoms with Crippen LogP contribution in [0.5, 0.6) is 0 Å². The molecule has 0 radical (unpaired) electrons. The van der Waals surface area contributed by atoms with Gasteiger partial charge in [-0.05, 0) is 17.7 Å². The van der Waals surface area contributed by atoms with E-state index in [1.807, 2.05) is 30.3 Å². The van der Waals surface area contributed by atoms with Crippen molar-refractivity contribution in [2.75, 3.05) is 19.8 Å². The average Bonchev–Trinajstić information content (AvgIpc) is 2.62. The number of rotatable bonds is 9. The van der Waals surface area contributed by atoms with Gasteiger partial charge in [-0.25, -0.2) is 4.79 Å². The standard InChI is InChI=1S/C17H19N3O4.ClH/c21-17(22)14-6-7-19-15(10-14)16(20-23)12-24-9-8-18-11-13-4-2-1-3-5-13;/h1-7,10,18,23H,8-9,11-12H2,(H,21,22);1H/b20-16+;. The highest BCUT2D eigenvalue weighted by Gasteiger charge is 2.10. The van der Waals surface area contributed by atoms with Crippen LogP contribution in [0.1, 0.15) is 21.6 Å². The summed E-state index contributed by atoms with van der Waals surface area (Å²) >= 11 is 0. The Morgan fingerprint density at radius 2 is 2.00 bits per heavy atom. The van der Waals surface area contributed by atoms with Gasteiger partial charge < -0.3 is 20.4 Å². The van der Waals surface area contributed by atoms with E-state index in [9.17, 15) is 4.79 Å². The van der Waals surface area contributed by atoms with Crippen LogP contribution in [0.3, 0.4) is 0 Å². The summed E-state index contributed by atoms with van der Waals surface area (Å²) in [6.07, 6.45) is 1.35. The van der Waals surface area contributed by atoms with Gasteiger partial charge in [0.1, 0.15) is 5.71 Å². The number of nitrogens with zero attached hydrogens (tertiary/aromatic N) is 2. The van der Waals surface area contributed by atoms with Crippen LogP contribution in [-0.2, 0) is 11.3 Å². The van der Waals surface area contributed by atoms with E-state index in [4.69, 9.17) is 15.1 Å². The number of halogens is 1. The lowest BCUT2D eigenvalue weighted by atomic mass is 10.2. The Morgan fingerprint density at radius 1 is 1.24 bits per heavy atom. The number of hydrogen-bond acceptors (Lipinski definition) is 6. The minimum atomic E-state index is -1.07. The van der Waals surface area contributed by atoms with Gasteiger partial charge >= 0.3 is 5.97 Å². The molecule has 0 saturated heterocycles. The lowest BCUT2D eigenvalue weighted by molar-refractivity contribution is 0.0696.